The topological polar surface area (TPSA) is 17.1 Å². The molecule has 0 saturated heterocycles. The summed E-state index contributed by atoms with van der Waals surface area (Å²) in [5.41, 5.74) is 4.45. The molecule has 0 N–H and O–H groups in total. The molecule has 1 aromatic heterocycles. The molecule has 2 aromatic rings. The first kappa shape index (κ1) is 10.7. The SMILES string of the molecule is O=C(c1ccsc1)c1ccc2c(c1)CCCC2. The summed E-state index contributed by atoms with van der Waals surface area (Å²) in [4.78, 5) is 12.2. The standard InChI is InChI=1S/C15H14OS/c16-15(14-7-8-17-10-14)13-6-5-11-3-1-2-4-12(11)9-13/h5-10H,1-4H2. The highest BCUT2D eigenvalue weighted by atomic mass is 32.1. The maximum absolute atomic E-state index is 12.2. The first-order valence-electron chi connectivity index (χ1n) is 6.03. The number of ketones is 1. The third-order valence-corrected chi connectivity index (χ3v) is 4.08. The van der Waals surface area contributed by atoms with E-state index >= 15 is 0 Å². The molecule has 0 amide bonds. The molecule has 1 aromatic carbocycles. The number of carbonyl (C=O) groups is 1. The predicted octanol–water partition coefficient (Wildman–Crippen LogP) is 3.86. The first-order valence-corrected chi connectivity index (χ1v) is 6.97. The maximum Gasteiger partial charge on any atom is 0.193 e. The number of rotatable bonds is 2. The number of benzene rings is 1. The van der Waals surface area contributed by atoms with Crippen LogP contribution in [0.4, 0.5) is 0 Å². The molecule has 1 heterocycles. The molecule has 0 radical (unpaired) electrons. The average Bonchev–Trinajstić information content (AvgIpc) is 2.91. The lowest BCUT2D eigenvalue weighted by Gasteiger charge is -2.16. The van der Waals surface area contributed by atoms with Crippen molar-refractivity contribution in [1.82, 2.24) is 0 Å². The summed E-state index contributed by atoms with van der Waals surface area (Å²) in [6, 6.07) is 8.10. The third-order valence-electron chi connectivity index (χ3n) is 3.39. The molecule has 0 bridgehead atoms. The lowest BCUT2D eigenvalue weighted by Crippen LogP contribution is -2.06. The lowest BCUT2D eigenvalue weighted by molar-refractivity contribution is 0.103. The zero-order valence-electron chi connectivity index (χ0n) is 9.61. The van der Waals surface area contributed by atoms with E-state index in [-0.39, 0.29) is 5.78 Å². The van der Waals surface area contributed by atoms with Crippen molar-refractivity contribution in [3.63, 3.8) is 0 Å². The van der Waals surface area contributed by atoms with Gasteiger partial charge in [-0.2, -0.15) is 11.3 Å². The Morgan fingerprint density at radius 3 is 2.59 bits per heavy atom. The molecule has 17 heavy (non-hydrogen) atoms. The Kier molecular flexibility index (Phi) is 2.81. The van der Waals surface area contributed by atoms with E-state index in [1.165, 1.54) is 30.4 Å². The van der Waals surface area contributed by atoms with Gasteiger partial charge >= 0.3 is 0 Å². The van der Waals surface area contributed by atoms with Crippen LogP contribution in [-0.4, -0.2) is 5.78 Å². The van der Waals surface area contributed by atoms with Crippen LogP contribution in [0.15, 0.2) is 35.0 Å². The molecule has 0 saturated carbocycles. The van der Waals surface area contributed by atoms with Crippen LogP contribution in [-0.2, 0) is 12.8 Å². The Bertz CT molecular complexity index is 540. The number of carbonyl (C=O) groups excluding carboxylic acids is 1. The second kappa shape index (κ2) is 4.46. The Morgan fingerprint density at radius 2 is 1.82 bits per heavy atom. The van der Waals surface area contributed by atoms with E-state index in [1.807, 2.05) is 22.9 Å². The summed E-state index contributed by atoms with van der Waals surface area (Å²) in [5.74, 6) is 0.152. The predicted molar refractivity (Wildman–Crippen MR) is 70.8 cm³/mol. The van der Waals surface area contributed by atoms with Crippen LogP contribution in [0.3, 0.4) is 0 Å². The largest absolute Gasteiger partial charge is 0.289 e. The Hall–Kier alpha value is -1.41. The molecule has 3 rings (SSSR count). The van der Waals surface area contributed by atoms with E-state index in [4.69, 9.17) is 0 Å². The lowest BCUT2D eigenvalue weighted by atomic mass is 9.89. The van der Waals surface area contributed by atoms with Crippen LogP contribution < -0.4 is 0 Å². The molecular formula is C15H14OS. The number of thiophene rings is 1. The van der Waals surface area contributed by atoms with Crippen molar-refractivity contribution in [3.8, 4) is 0 Å². The number of fused-ring (bicyclic) bond motifs is 1. The minimum atomic E-state index is 0.152. The third kappa shape index (κ3) is 2.05. The van der Waals surface area contributed by atoms with Crippen LogP contribution in [0.2, 0.25) is 0 Å². The highest BCUT2D eigenvalue weighted by Crippen LogP contribution is 2.23. The van der Waals surface area contributed by atoms with E-state index in [2.05, 4.69) is 12.1 Å². The van der Waals surface area contributed by atoms with Crippen molar-refractivity contribution in [1.29, 1.82) is 0 Å². The van der Waals surface area contributed by atoms with Gasteiger partial charge in [0.15, 0.2) is 5.78 Å². The molecular weight excluding hydrogens is 228 g/mol. The highest BCUT2D eigenvalue weighted by Gasteiger charge is 2.14. The van der Waals surface area contributed by atoms with Crippen LogP contribution >= 0.6 is 11.3 Å². The summed E-state index contributed by atoms with van der Waals surface area (Å²) < 4.78 is 0. The van der Waals surface area contributed by atoms with Crippen molar-refractivity contribution >= 4 is 17.1 Å². The van der Waals surface area contributed by atoms with Crippen LogP contribution in [0.25, 0.3) is 0 Å². The molecule has 0 unspecified atom stereocenters. The van der Waals surface area contributed by atoms with Crippen molar-refractivity contribution in [2.75, 3.05) is 0 Å². The smallest absolute Gasteiger partial charge is 0.193 e. The average molecular weight is 242 g/mol. The molecule has 0 aliphatic heterocycles. The summed E-state index contributed by atoms with van der Waals surface area (Å²) in [5, 5.41) is 3.87. The van der Waals surface area contributed by atoms with Gasteiger partial charge in [0, 0.05) is 16.5 Å². The zero-order valence-corrected chi connectivity index (χ0v) is 10.4. The number of aryl methyl sites for hydroxylation is 2. The monoisotopic (exact) mass is 242 g/mol. The van der Waals surface area contributed by atoms with Crippen LogP contribution in [0.1, 0.15) is 39.9 Å². The molecule has 0 spiro atoms. The Balaban J connectivity index is 1.96. The van der Waals surface area contributed by atoms with Gasteiger partial charge in [0.05, 0.1) is 0 Å². The van der Waals surface area contributed by atoms with E-state index in [0.717, 1.165) is 17.5 Å². The molecule has 1 aliphatic carbocycles. The molecule has 1 aliphatic rings. The number of hydrogen-bond acceptors (Lipinski definition) is 2. The van der Waals surface area contributed by atoms with Crippen molar-refractivity contribution < 1.29 is 4.79 Å². The van der Waals surface area contributed by atoms with E-state index < -0.39 is 0 Å². The van der Waals surface area contributed by atoms with Gasteiger partial charge in [-0.1, -0.05) is 12.1 Å². The van der Waals surface area contributed by atoms with E-state index in [1.54, 1.807) is 11.3 Å². The fraction of sp³-hybridized carbons (Fsp3) is 0.267. The summed E-state index contributed by atoms with van der Waals surface area (Å²) in [6.07, 6.45) is 4.83. The van der Waals surface area contributed by atoms with Gasteiger partial charge in [0.1, 0.15) is 0 Å². The minimum Gasteiger partial charge on any atom is -0.289 e. The van der Waals surface area contributed by atoms with Gasteiger partial charge in [-0.05, 0) is 54.3 Å². The normalized spacial score (nSPS) is 14.4. The summed E-state index contributed by atoms with van der Waals surface area (Å²) in [6.45, 7) is 0. The number of hydrogen-bond donors (Lipinski definition) is 0. The summed E-state index contributed by atoms with van der Waals surface area (Å²) >= 11 is 1.57. The zero-order chi connectivity index (χ0) is 11.7. The maximum atomic E-state index is 12.2. The summed E-state index contributed by atoms with van der Waals surface area (Å²) in [7, 11) is 0. The van der Waals surface area contributed by atoms with Crippen molar-refractivity contribution in [2.45, 2.75) is 25.7 Å². The fourth-order valence-corrected chi connectivity index (χ4v) is 3.07. The van der Waals surface area contributed by atoms with Crippen LogP contribution in [0.5, 0.6) is 0 Å². The Labute approximate surface area is 105 Å². The fourth-order valence-electron chi connectivity index (χ4n) is 2.44. The highest BCUT2D eigenvalue weighted by molar-refractivity contribution is 7.08. The minimum absolute atomic E-state index is 0.152. The van der Waals surface area contributed by atoms with Gasteiger partial charge in [-0.3, -0.25) is 4.79 Å². The molecule has 1 nitrogen and oxygen atoms in total. The Morgan fingerprint density at radius 1 is 1.00 bits per heavy atom. The van der Waals surface area contributed by atoms with Gasteiger partial charge in [-0.15, -0.1) is 0 Å². The molecule has 86 valence electrons. The van der Waals surface area contributed by atoms with Crippen molar-refractivity contribution in [2.24, 2.45) is 0 Å². The quantitative estimate of drug-likeness (QED) is 0.731. The van der Waals surface area contributed by atoms with Gasteiger partial charge in [0.2, 0.25) is 0 Å². The molecule has 0 atom stereocenters. The van der Waals surface area contributed by atoms with Gasteiger partial charge in [0.25, 0.3) is 0 Å². The molecule has 2 heteroatoms. The van der Waals surface area contributed by atoms with E-state index in [9.17, 15) is 4.79 Å². The van der Waals surface area contributed by atoms with Gasteiger partial charge in [-0.25, -0.2) is 0 Å². The molecule has 0 fully saturated rings. The van der Waals surface area contributed by atoms with E-state index in [0.29, 0.717) is 0 Å². The first-order chi connectivity index (χ1) is 8.34. The van der Waals surface area contributed by atoms with Crippen molar-refractivity contribution in [3.05, 3.63) is 57.3 Å². The van der Waals surface area contributed by atoms with Crippen LogP contribution in [0, 0.1) is 0 Å². The van der Waals surface area contributed by atoms with Gasteiger partial charge < -0.3 is 0 Å². The second-order valence-electron chi connectivity index (χ2n) is 4.53. The second-order valence-corrected chi connectivity index (χ2v) is 5.31.